The summed E-state index contributed by atoms with van der Waals surface area (Å²) in [5.74, 6) is 0.901. The second-order valence-electron chi connectivity index (χ2n) is 2.48. The number of para-hydroxylation sites is 1. The largest absolute Gasteiger partial charge is 0.540 e. The fourth-order valence-corrected chi connectivity index (χ4v) is 1.46. The third-order valence-corrected chi connectivity index (χ3v) is 2.37. The van der Waals surface area contributed by atoms with Gasteiger partial charge in [-0.3, -0.25) is 0 Å². The van der Waals surface area contributed by atoms with E-state index in [-0.39, 0.29) is 0 Å². The Hall–Kier alpha value is -1.28. The van der Waals surface area contributed by atoms with E-state index in [9.17, 15) is 0 Å². The average Bonchev–Trinajstić information content (AvgIpc) is 2.19. The van der Waals surface area contributed by atoms with Gasteiger partial charge in [-0.25, -0.2) is 0 Å². The summed E-state index contributed by atoms with van der Waals surface area (Å²) in [5.41, 5.74) is 1.04. The van der Waals surface area contributed by atoms with Crippen LogP contribution in [0.25, 0.3) is 6.08 Å². The van der Waals surface area contributed by atoms with E-state index in [4.69, 9.17) is 4.43 Å². The number of rotatable bonds is 5. The van der Waals surface area contributed by atoms with Gasteiger partial charge in [0.05, 0.1) is 0 Å². The van der Waals surface area contributed by atoms with Gasteiger partial charge in [0.25, 0.3) is 0 Å². The van der Waals surface area contributed by atoms with Gasteiger partial charge < -0.3 is 4.43 Å². The van der Waals surface area contributed by atoms with Crippen molar-refractivity contribution >= 4 is 15.8 Å². The van der Waals surface area contributed by atoms with Crippen LogP contribution < -0.4 is 4.43 Å². The minimum absolute atomic E-state index is 0.443. The molecule has 1 nitrogen and oxygen atoms in total. The van der Waals surface area contributed by atoms with E-state index in [1.165, 1.54) is 0 Å². The molecule has 1 rings (SSSR count). The molecule has 0 aliphatic carbocycles. The number of hydrogen-bond acceptors (Lipinski definition) is 1. The summed E-state index contributed by atoms with van der Waals surface area (Å²) < 4.78 is 5.55. The lowest BCUT2D eigenvalue weighted by Gasteiger charge is -2.06. The average molecular weight is 188 g/mol. The summed E-state index contributed by atoms with van der Waals surface area (Å²) in [6, 6.07) is 8.76. The smallest absolute Gasteiger partial charge is 0.314 e. The lowest BCUT2D eigenvalue weighted by Crippen LogP contribution is -2.00. The fourth-order valence-electron chi connectivity index (χ4n) is 0.920. The second-order valence-corrected chi connectivity index (χ2v) is 3.38. The van der Waals surface area contributed by atoms with Crippen LogP contribution in [0.1, 0.15) is 5.56 Å². The Morgan fingerprint density at radius 3 is 2.77 bits per heavy atom. The first-order valence-corrected chi connectivity index (χ1v) is 5.22. The Labute approximate surface area is 81.7 Å². The molecule has 0 fully saturated rings. The zero-order valence-corrected chi connectivity index (χ0v) is 8.49. The van der Waals surface area contributed by atoms with Crippen molar-refractivity contribution in [2.75, 3.05) is 0 Å². The summed E-state index contributed by atoms with van der Waals surface area (Å²) in [6.45, 7) is 7.36. The van der Waals surface area contributed by atoms with Crippen LogP contribution in [0.2, 0.25) is 6.04 Å². The van der Waals surface area contributed by atoms with Crippen LogP contribution in [0.5, 0.6) is 5.75 Å². The Kier molecular flexibility index (Phi) is 4.06. The van der Waals surface area contributed by atoms with Gasteiger partial charge in [0.2, 0.25) is 0 Å². The molecule has 66 valence electrons. The van der Waals surface area contributed by atoms with Gasteiger partial charge in [-0.05, 0) is 12.1 Å². The number of allylic oxidation sites excluding steroid dienone is 1. The van der Waals surface area contributed by atoms with Crippen molar-refractivity contribution < 1.29 is 4.43 Å². The summed E-state index contributed by atoms with van der Waals surface area (Å²) in [7, 11) is 0.443. The molecule has 0 heterocycles. The van der Waals surface area contributed by atoms with Crippen molar-refractivity contribution in [2.45, 2.75) is 6.04 Å². The second kappa shape index (κ2) is 5.38. The molecular formula is C11H12OSi. The van der Waals surface area contributed by atoms with Crippen molar-refractivity contribution in [3.05, 3.63) is 49.1 Å². The molecule has 1 aromatic carbocycles. The molecule has 0 atom stereocenters. The van der Waals surface area contributed by atoms with Gasteiger partial charge in [-0.1, -0.05) is 36.9 Å². The Bertz CT molecular complexity index is 294. The van der Waals surface area contributed by atoms with Crippen molar-refractivity contribution in [3.63, 3.8) is 0 Å². The molecule has 2 radical (unpaired) electrons. The molecule has 0 aromatic heterocycles. The highest BCUT2D eigenvalue weighted by atomic mass is 28.2. The highest BCUT2D eigenvalue weighted by molar-refractivity contribution is 6.29. The van der Waals surface area contributed by atoms with Gasteiger partial charge in [-0.15, -0.1) is 6.58 Å². The zero-order chi connectivity index (χ0) is 9.52. The predicted octanol–water partition coefficient (Wildman–Crippen LogP) is 2.93. The maximum atomic E-state index is 5.55. The predicted molar refractivity (Wildman–Crippen MR) is 57.9 cm³/mol. The van der Waals surface area contributed by atoms with E-state index in [0.29, 0.717) is 9.76 Å². The Morgan fingerprint density at radius 2 is 2.08 bits per heavy atom. The minimum atomic E-state index is 0.443. The van der Waals surface area contributed by atoms with Crippen LogP contribution >= 0.6 is 0 Å². The summed E-state index contributed by atoms with van der Waals surface area (Å²) in [4.78, 5) is 0. The quantitative estimate of drug-likeness (QED) is 0.392. The van der Waals surface area contributed by atoms with Crippen LogP contribution in [-0.2, 0) is 0 Å². The summed E-state index contributed by atoms with van der Waals surface area (Å²) in [6.07, 6.45) is 3.66. The molecule has 0 amide bonds. The van der Waals surface area contributed by atoms with Gasteiger partial charge in [-0.2, -0.15) is 0 Å². The zero-order valence-electron chi connectivity index (χ0n) is 7.49. The first-order valence-electron chi connectivity index (χ1n) is 4.10. The van der Waals surface area contributed by atoms with E-state index in [0.717, 1.165) is 17.4 Å². The molecule has 0 aliphatic heterocycles. The van der Waals surface area contributed by atoms with E-state index in [2.05, 4.69) is 13.2 Å². The third kappa shape index (κ3) is 2.91. The summed E-state index contributed by atoms with van der Waals surface area (Å²) in [5, 5.41) is 0. The maximum Gasteiger partial charge on any atom is 0.314 e. The van der Waals surface area contributed by atoms with Crippen LogP contribution in [0.15, 0.2) is 43.5 Å². The molecule has 1 aromatic rings. The molecule has 0 saturated carbocycles. The molecule has 0 spiro atoms. The van der Waals surface area contributed by atoms with Crippen LogP contribution in [0.4, 0.5) is 0 Å². The van der Waals surface area contributed by atoms with Gasteiger partial charge in [0.15, 0.2) is 0 Å². The van der Waals surface area contributed by atoms with Crippen molar-refractivity contribution in [1.82, 2.24) is 0 Å². The van der Waals surface area contributed by atoms with Crippen molar-refractivity contribution in [2.24, 2.45) is 0 Å². The fraction of sp³-hybridized carbons (Fsp3) is 0.0909. The van der Waals surface area contributed by atoms with E-state index < -0.39 is 0 Å². The molecule has 0 saturated heterocycles. The lowest BCUT2D eigenvalue weighted by atomic mass is 10.2. The SMILES string of the molecule is C=CC[Si]Oc1ccccc1C=C. The lowest BCUT2D eigenvalue weighted by molar-refractivity contribution is 0.594. The topological polar surface area (TPSA) is 9.23 Å². The van der Waals surface area contributed by atoms with Crippen molar-refractivity contribution in [3.8, 4) is 5.75 Å². The minimum Gasteiger partial charge on any atom is -0.540 e. The monoisotopic (exact) mass is 188 g/mol. The van der Waals surface area contributed by atoms with Crippen molar-refractivity contribution in [1.29, 1.82) is 0 Å². The van der Waals surface area contributed by atoms with Crippen LogP contribution in [0, 0.1) is 0 Å². The van der Waals surface area contributed by atoms with E-state index in [1.54, 1.807) is 6.08 Å². The third-order valence-electron chi connectivity index (χ3n) is 1.55. The number of benzene rings is 1. The first-order chi connectivity index (χ1) is 6.38. The normalized spacial score (nSPS) is 9.23. The van der Waals surface area contributed by atoms with Crippen LogP contribution in [-0.4, -0.2) is 9.76 Å². The number of hydrogen-bond donors (Lipinski definition) is 0. The molecular weight excluding hydrogens is 176 g/mol. The molecule has 0 aliphatic rings. The van der Waals surface area contributed by atoms with E-state index in [1.807, 2.05) is 30.3 Å². The molecule has 0 unspecified atom stereocenters. The van der Waals surface area contributed by atoms with E-state index >= 15 is 0 Å². The van der Waals surface area contributed by atoms with Gasteiger partial charge in [0, 0.05) is 5.56 Å². The molecule has 2 heteroatoms. The standard InChI is InChI=1S/C11H12OSi/c1-3-9-13-12-11-8-6-5-7-10(11)4-2/h3-8H,1-2,9H2. The molecule has 13 heavy (non-hydrogen) atoms. The Morgan fingerprint density at radius 1 is 1.31 bits per heavy atom. The van der Waals surface area contributed by atoms with Crippen LogP contribution in [0.3, 0.4) is 0 Å². The molecule has 0 bridgehead atoms. The highest BCUT2D eigenvalue weighted by Crippen LogP contribution is 2.18. The van der Waals surface area contributed by atoms with Gasteiger partial charge >= 0.3 is 9.76 Å². The molecule has 0 N–H and O–H groups in total. The summed E-state index contributed by atoms with van der Waals surface area (Å²) >= 11 is 0. The highest BCUT2D eigenvalue weighted by Gasteiger charge is 1.98. The maximum absolute atomic E-state index is 5.55. The first kappa shape index (κ1) is 9.80. The Balaban J connectivity index is 2.63. The van der Waals surface area contributed by atoms with Gasteiger partial charge in [0.1, 0.15) is 5.75 Å².